The van der Waals surface area contributed by atoms with Crippen LogP contribution in [-0.2, 0) is 26.4 Å². The van der Waals surface area contributed by atoms with Crippen LogP contribution in [0.1, 0.15) is 76.2 Å². The fourth-order valence-electron chi connectivity index (χ4n) is 2.91. The highest BCUT2D eigenvalue weighted by molar-refractivity contribution is 14.0. The van der Waals surface area contributed by atoms with Gasteiger partial charge in [-0.2, -0.15) is 5.10 Å². The van der Waals surface area contributed by atoms with E-state index in [4.69, 9.17) is 5.73 Å². The standard InChI is InChI=1S/C18H35N5.HI/c1-5-8-9-10-11-12-13-20-18(19)21-14-15-16(6-2)22-23(4)17(15)7-3;/h5-14H2,1-4H3,(H3,19,20,21);1H. The van der Waals surface area contributed by atoms with E-state index in [1.54, 1.807) is 0 Å². The molecule has 0 fully saturated rings. The number of aliphatic imine (C=N–C) groups is 1. The summed E-state index contributed by atoms with van der Waals surface area (Å²) in [5.41, 5.74) is 9.62. The predicted octanol–water partition coefficient (Wildman–Crippen LogP) is 3.93. The summed E-state index contributed by atoms with van der Waals surface area (Å²) in [6, 6.07) is 0. The Kier molecular flexibility index (Phi) is 13.1. The molecule has 5 nitrogen and oxygen atoms in total. The van der Waals surface area contributed by atoms with E-state index in [0.29, 0.717) is 12.5 Å². The number of nitrogens with zero attached hydrogens (tertiary/aromatic N) is 3. The van der Waals surface area contributed by atoms with Crippen molar-refractivity contribution in [2.75, 3.05) is 6.54 Å². The molecule has 140 valence electrons. The summed E-state index contributed by atoms with van der Waals surface area (Å²) < 4.78 is 1.98. The molecule has 6 heteroatoms. The first-order chi connectivity index (χ1) is 11.1. The van der Waals surface area contributed by atoms with Gasteiger partial charge in [-0.05, 0) is 19.3 Å². The molecule has 24 heavy (non-hydrogen) atoms. The van der Waals surface area contributed by atoms with Crippen molar-refractivity contribution in [1.82, 2.24) is 15.1 Å². The van der Waals surface area contributed by atoms with E-state index in [9.17, 15) is 0 Å². The van der Waals surface area contributed by atoms with E-state index in [0.717, 1.165) is 31.5 Å². The molecule has 1 heterocycles. The predicted molar refractivity (Wildman–Crippen MR) is 114 cm³/mol. The maximum absolute atomic E-state index is 5.99. The molecule has 0 bridgehead atoms. The summed E-state index contributed by atoms with van der Waals surface area (Å²) in [7, 11) is 2.01. The number of aromatic nitrogens is 2. The van der Waals surface area contributed by atoms with Gasteiger partial charge in [0, 0.05) is 24.8 Å². The van der Waals surface area contributed by atoms with Crippen LogP contribution >= 0.6 is 24.0 Å². The normalized spacial score (nSPS) is 11.4. The number of hydrogen-bond donors (Lipinski definition) is 2. The zero-order chi connectivity index (χ0) is 17.1. The summed E-state index contributed by atoms with van der Waals surface area (Å²) >= 11 is 0. The Morgan fingerprint density at radius 3 is 2.38 bits per heavy atom. The van der Waals surface area contributed by atoms with Gasteiger partial charge in [0.15, 0.2) is 5.96 Å². The van der Waals surface area contributed by atoms with Gasteiger partial charge in [-0.3, -0.25) is 4.68 Å². The van der Waals surface area contributed by atoms with Crippen LogP contribution in [0, 0.1) is 0 Å². The number of rotatable bonds is 11. The zero-order valence-electron chi connectivity index (χ0n) is 15.9. The number of aryl methyl sites for hydroxylation is 2. The Labute approximate surface area is 164 Å². The lowest BCUT2D eigenvalue weighted by molar-refractivity contribution is 0.601. The van der Waals surface area contributed by atoms with Crippen molar-refractivity contribution in [3.05, 3.63) is 17.0 Å². The molecule has 0 atom stereocenters. The van der Waals surface area contributed by atoms with Crippen LogP contribution in [0.3, 0.4) is 0 Å². The second-order valence-electron chi connectivity index (χ2n) is 6.10. The molecule has 0 saturated heterocycles. The second-order valence-corrected chi connectivity index (χ2v) is 6.10. The highest BCUT2D eigenvalue weighted by Gasteiger charge is 2.12. The van der Waals surface area contributed by atoms with Gasteiger partial charge in [0.2, 0.25) is 0 Å². The van der Waals surface area contributed by atoms with Crippen molar-refractivity contribution in [2.45, 2.75) is 78.7 Å². The Morgan fingerprint density at radius 2 is 1.75 bits per heavy atom. The van der Waals surface area contributed by atoms with E-state index in [1.807, 2.05) is 11.7 Å². The molecule has 1 rings (SSSR count). The van der Waals surface area contributed by atoms with Crippen molar-refractivity contribution >= 4 is 29.9 Å². The monoisotopic (exact) mass is 449 g/mol. The van der Waals surface area contributed by atoms with Gasteiger partial charge < -0.3 is 11.1 Å². The number of nitrogens with two attached hydrogens (primary N) is 1. The molecule has 0 aliphatic heterocycles. The third-order valence-corrected chi connectivity index (χ3v) is 4.27. The highest BCUT2D eigenvalue weighted by atomic mass is 127. The number of unbranched alkanes of at least 4 members (excludes halogenated alkanes) is 5. The van der Waals surface area contributed by atoms with Crippen LogP contribution in [0.5, 0.6) is 0 Å². The molecule has 0 aliphatic carbocycles. The fourth-order valence-corrected chi connectivity index (χ4v) is 2.91. The zero-order valence-corrected chi connectivity index (χ0v) is 18.2. The third-order valence-electron chi connectivity index (χ3n) is 4.27. The average molecular weight is 449 g/mol. The molecule has 3 N–H and O–H groups in total. The Bertz CT molecular complexity index is 482. The van der Waals surface area contributed by atoms with E-state index < -0.39 is 0 Å². The number of halogens is 1. The lowest BCUT2D eigenvalue weighted by Gasteiger charge is -2.06. The molecule has 1 aromatic rings. The van der Waals surface area contributed by atoms with E-state index >= 15 is 0 Å². The fraction of sp³-hybridized carbons (Fsp3) is 0.778. The van der Waals surface area contributed by atoms with Crippen LogP contribution in [0.25, 0.3) is 0 Å². The first-order valence-electron chi connectivity index (χ1n) is 9.21. The minimum atomic E-state index is 0. The maximum atomic E-state index is 5.99. The molecule has 0 aromatic carbocycles. The van der Waals surface area contributed by atoms with Gasteiger partial charge >= 0.3 is 0 Å². The van der Waals surface area contributed by atoms with Crippen LogP contribution in [-0.4, -0.2) is 22.3 Å². The largest absolute Gasteiger partial charge is 0.370 e. The SMILES string of the molecule is CCCCCCCCNC(N)=NCc1c(CC)nn(C)c1CC.I. The summed E-state index contributed by atoms with van der Waals surface area (Å²) in [6.07, 6.45) is 9.65. The molecular weight excluding hydrogens is 413 g/mol. The smallest absolute Gasteiger partial charge is 0.188 e. The molecule has 0 radical (unpaired) electrons. The third kappa shape index (κ3) is 7.85. The molecule has 1 aromatic heterocycles. The summed E-state index contributed by atoms with van der Waals surface area (Å²) in [4.78, 5) is 4.50. The molecule has 0 spiro atoms. The lowest BCUT2D eigenvalue weighted by atomic mass is 10.1. The quantitative estimate of drug-likeness (QED) is 0.233. The Hall–Kier alpha value is -0.790. The minimum Gasteiger partial charge on any atom is -0.370 e. The van der Waals surface area contributed by atoms with Crippen LogP contribution < -0.4 is 11.1 Å². The van der Waals surface area contributed by atoms with E-state index in [2.05, 4.69) is 36.2 Å². The van der Waals surface area contributed by atoms with Crippen molar-refractivity contribution in [2.24, 2.45) is 17.8 Å². The molecular formula is C18H36IN5. The average Bonchev–Trinajstić information content (AvgIpc) is 2.86. The van der Waals surface area contributed by atoms with Crippen LogP contribution in [0.15, 0.2) is 4.99 Å². The van der Waals surface area contributed by atoms with Crippen LogP contribution in [0.4, 0.5) is 0 Å². The van der Waals surface area contributed by atoms with Gasteiger partial charge in [0.1, 0.15) is 0 Å². The molecule has 0 aliphatic rings. The summed E-state index contributed by atoms with van der Waals surface area (Å²) in [5.74, 6) is 0.548. The number of nitrogens with one attached hydrogen (secondary N) is 1. The van der Waals surface area contributed by atoms with E-state index in [-0.39, 0.29) is 24.0 Å². The molecule has 0 saturated carbocycles. The first-order valence-corrected chi connectivity index (χ1v) is 9.21. The van der Waals surface area contributed by atoms with Crippen molar-refractivity contribution < 1.29 is 0 Å². The molecule has 0 unspecified atom stereocenters. The van der Waals surface area contributed by atoms with Crippen LogP contribution in [0.2, 0.25) is 0 Å². The minimum absolute atomic E-state index is 0. The van der Waals surface area contributed by atoms with Gasteiger partial charge in [-0.15, -0.1) is 24.0 Å². The maximum Gasteiger partial charge on any atom is 0.188 e. The van der Waals surface area contributed by atoms with Gasteiger partial charge in [0.25, 0.3) is 0 Å². The van der Waals surface area contributed by atoms with Crippen molar-refractivity contribution in [3.63, 3.8) is 0 Å². The van der Waals surface area contributed by atoms with Gasteiger partial charge in [-0.25, -0.2) is 4.99 Å². The van der Waals surface area contributed by atoms with Gasteiger partial charge in [-0.1, -0.05) is 52.9 Å². The summed E-state index contributed by atoms with van der Waals surface area (Å²) in [5, 5.41) is 7.80. The number of guanidine groups is 1. The summed E-state index contributed by atoms with van der Waals surface area (Å²) in [6.45, 7) is 8.07. The van der Waals surface area contributed by atoms with E-state index in [1.165, 1.54) is 43.4 Å². The molecule has 0 amide bonds. The topological polar surface area (TPSA) is 68.2 Å². The Morgan fingerprint density at radius 1 is 1.08 bits per heavy atom. The first kappa shape index (κ1) is 23.2. The Balaban J connectivity index is 0.00000529. The van der Waals surface area contributed by atoms with Crippen molar-refractivity contribution in [3.8, 4) is 0 Å². The van der Waals surface area contributed by atoms with Crippen molar-refractivity contribution in [1.29, 1.82) is 0 Å². The lowest BCUT2D eigenvalue weighted by Crippen LogP contribution is -2.32. The second kappa shape index (κ2) is 13.5. The van der Waals surface area contributed by atoms with Gasteiger partial charge in [0.05, 0.1) is 12.2 Å². The highest BCUT2D eigenvalue weighted by Crippen LogP contribution is 2.16. The number of hydrogen-bond acceptors (Lipinski definition) is 2.